The van der Waals surface area contributed by atoms with E-state index in [9.17, 15) is 36.9 Å². The van der Waals surface area contributed by atoms with Crippen LogP contribution in [0, 0.1) is 0 Å². The molecular formula is C46H53N10O12S2+. The first-order valence-corrected chi connectivity index (χ1v) is 24.2. The van der Waals surface area contributed by atoms with E-state index in [1.54, 1.807) is 41.5 Å². The van der Waals surface area contributed by atoms with Gasteiger partial charge < -0.3 is 24.4 Å². The number of nitrogens with zero attached hydrogens (tertiary/aromatic N) is 8. The van der Waals surface area contributed by atoms with Crippen molar-refractivity contribution in [3.8, 4) is 0 Å². The lowest BCUT2D eigenvalue weighted by Gasteiger charge is -2.43. The third-order valence-corrected chi connectivity index (χ3v) is 12.1. The van der Waals surface area contributed by atoms with Crippen molar-refractivity contribution in [1.29, 1.82) is 0 Å². The van der Waals surface area contributed by atoms with Gasteiger partial charge in [-0.15, -0.1) is 11.3 Å². The molecule has 1 saturated carbocycles. The molecule has 2 aromatic carbocycles. The normalized spacial score (nSPS) is 16.7. The van der Waals surface area contributed by atoms with Crippen molar-refractivity contribution in [1.82, 2.24) is 34.5 Å². The van der Waals surface area contributed by atoms with Gasteiger partial charge in [-0.2, -0.15) is 23.4 Å². The summed E-state index contributed by atoms with van der Waals surface area (Å²) in [4.78, 5) is 80.4. The van der Waals surface area contributed by atoms with Crippen LogP contribution in [0.4, 0.5) is 14.7 Å². The molecule has 4 heterocycles. The minimum absolute atomic E-state index is 0.0161. The highest BCUT2D eigenvalue weighted by Gasteiger charge is 2.57. The largest absolute Gasteiger partial charge is 0.450 e. The molecule has 7 rings (SSSR count). The summed E-state index contributed by atoms with van der Waals surface area (Å²) < 4.78 is 54.3. The van der Waals surface area contributed by atoms with E-state index in [1.165, 1.54) is 16.5 Å². The van der Waals surface area contributed by atoms with Crippen LogP contribution >= 0.6 is 11.3 Å². The van der Waals surface area contributed by atoms with Crippen molar-refractivity contribution >= 4 is 62.5 Å². The van der Waals surface area contributed by atoms with Crippen molar-refractivity contribution in [3.05, 3.63) is 125 Å². The Morgan fingerprint density at radius 1 is 0.957 bits per heavy atom. The average molecular weight is 1000 g/mol. The Kier molecular flexibility index (Phi) is 14.7. The minimum atomic E-state index is -5.18. The number of amides is 4. The number of carbonyl (C=O) groups excluding carboxylic acids is 5. The Morgan fingerprint density at radius 2 is 1.60 bits per heavy atom. The maximum absolute atomic E-state index is 14.3. The Bertz CT molecular complexity index is 2840. The number of hydrogen-bond acceptors (Lipinski definition) is 16. The summed E-state index contributed by atoms with van der Waals surface area (Å²) in [6.45, 7) is 9.75. The lowest BCUT2D eigenvalue weighted by molar-refractivity contribution is -0.672. The van der Waals surface area contributed by atoms with Crippen LogP contribution in [-0.2, 0) is 70.4 Å². The van der Waals surface area contributed by atoms with Crippen molar-refractivity contribution in [2.24, 2.45) is 12.2 Å². The number of ether oxygens (including phenoxy) is 3. The SMILES string of the molecule is C[n+]1cccc(CN(Cc2cnn(C[C@@H]3[C@H](NC(=O)/C(=N/OC4(C(=O)OC(c5ccccc5)c5ccccc5)CC4)c4csc(NC(=O)OC(C)(C)C)n4)C(=O)N3S(=O)(=O)O)n2)C(=O)OC(C)(C)C)c1. The van der Waals surface area contributed by atoms with Gasteiger partial charge in [-0.1, -0.05) is 65.8 Å². The van der Waals surface area contributed by atoms with E-state index in [4.69, 9.17) is 19.0 Å². The second-order valence-electron chi connectivity index (χ2n) is 18.5. The van der Waals surface area contributed by atoms with Crippen molar-refractivity contribution in [2.75, 3.05) is 5.32 Å². The Morgan fingerprint density at radius 3 is 2.19 bits per heavy atom. The van der Waals surface area contributed by atoms with E-state index < -0.39 is 87.5 Å². The summed E-state index contributed by atoms with van der Waals surface area (Å²) in [6, 6.07) is 18.7. The molecule has 24 heteroatoms. The molecule has 3 aromatic heterocycles. The van der Waals surface area contributed by atoms with E-state index in [2.05, 4.69) is 31.0 Å². The van der Waals surface area contributed by atoms with Crippen molar-refractivity contribution < 1.29 is 60.6 Å². The molecule has 0 spiro atoms. The average Bonchev–Trinajstić information content (AvgIpc) is 3.71. The number of β-lactam (4-membered cyclic amide) rings is 1. The van der Waals surface area contributed by atoms with Crippen LogP contribution in [0.15, 0.2) is 102 Å². The molecule has 2 aliphatic rings. The van der Waals surface area contributed by atoms with E-state index in [1.807, 2.05) is 96.8 Å². The fourth-order valence-corrected chi connectivity index (χ4v) is 8.65. The third-order valence-electron chi connectivity index (χ3n) is 10.4. The number of aromatic nitrogens is 5. The smallest absolute Gasteiger partial charge is 0.413 e. The Labute approximate surface area is 407 Å². The van der Waals surface area contributed by atoms with Crippen LogP contribution in [0.1, 0.15) is 88.6 Å². The molecule has 4 amide bonds. The summed E-state index contributed by atoms with van der Waals surface area (Å²) >= 11 is 0.893. The highest BCUT2D eigenvalue weighted by molar-refractivity contribution is 7.84. The van der Waals surface area contributed by atoms with Crippen molar-refractivity contribution in [3.63, 3.8) is 0 Å². The second kappa shape index (κ2) is 20.3. The van der Waals surface area contributed by atoms with Crippen LogP contribution in [-0.4, -0.2) is 107 Å². The molecule has 5 aromatic rings. The molecule has 22 nitrogen and oxygen atoms in total. The van der Waals surface area contributed by atoms with Gasteiger partial charge in [-0.25, -0.2) is 28.2 Å². The van der Waals surface area contributed by atoms with E-state index >= 15 is 0 Å². The predicted octanol–water partition coefficient (Wildman–Crippen LogP) is 4.63. The quantitative estimate of drug-likeness (QED) is 0.0218. The highest BCUT2D eigenvalue weighted by atomic mass is 32.2. The minimum Gasteiger partial charge on any atom is -0.450 e. The number of pyridine rings is 1. The molecule has 2 fully saturated rings. The number of hydrogen-bond donors (Lipinski definition) is 3. The van der Waals surface area contributed by atoms with Gasteiger partial charge in [-0.3, -0.25) is 24.4 Å². The number of aryl methyl sites for hydroxylation is 1. The first-order chi connectivity index (χ1) is 33.0. The Hall–Kier alpha value is -7.31. The van der Waals surface area contributed by atoms with Gasteiger partial charge in [0, 0.05) is 29.9 Å². The molecule has 70 heavy (non-hydrogen) atoms. The topological polar surface area (TPSA) is 267 Å². The number of rotatable bonds is 17. The first-order valence-electron chi connectivity index (χ1n) is 21.9. The molecular weight excluding hydrogens is 949 g/mol. The van der Waals surface area contributed by atoms with Gasteiger partial charge in [0.2, 0.25) is 5.60 Å². The zero-order chi connectivity index (χ0) is 50.6. The lowest BCUT2D eigenvalue weighted by Crippen LogP contribution is -2.73. The van der Waals surface area contributed by atoms with Gasteiger partial charge in [0.05, 0.1) is 25.8 Å². The van der Waals surface area contributed by atoms with E-state index in [-0.39, 0.29) is 46.8 Å². The maximum atomic E-state index is 14.3. The zero-order valence-corrected chi connectivity index (χ0v) is 41.0. The van der Waals surface area contributed by atoms with Crippen LogP contribution in [0.2, 0.25) is 0 Å². The maximum Gasteiger partial charge on any atom is 0.413 e. The molecule has 1 saturated heterocycles. The molecule has 0 unspecified atom stereocenters. The van der Waals surface area contributed by atoms with Gasteiger partial charge in [-0.05, 0) is 58.7 Å². The zero-order valence-electron chi connectivity index (χ0n) is 39.3. The summed E-state index contributed by atoms with van der Waals surface area (Å²) in [7, 11) is -3.35. The summed E-state index contributed by atoms with van der Waals surface area (Å²) in [5.41, 5.74) is -1.62. The standard InChI is InChI=1S/C46H52N10O12S2/c1-44(2,3)66-42(60)50-41-48-33(28-69-41)35(52-68-46(20-21-46)40(59)65-37(30-16-10-8-11-17-30)31-18-12-9-13-19-31)38(57)49-36-34(56(39(36)58)70(62,63)64)27-55-47-23-32(51-55)26-54(43(61)67-45(4,5)6)25-29-15-14-22-53(7)24-29/h8-19,22-24,28,34,36-37H,20-21,25-27H2,1-7H3,(H2-,48,49,50,57,60,62,63,64)/p+1/b52-35+/t34-,36+/m1/s1. The molecule has 1 aliphatic heterocycles. The monoisotopic (exact) mass is 1000 g/mol. The lowest BCUT2D eigenvalue weighted by atomic mass is 9.98. The van der Waals surface area contributed by atoms with Crippen LogP contribution in [0.3, 0.4) is 0 Å². The number of thiazole rings is 1. The summed E-state index contributed by atoms with van der Waals surface area (Å²) in [6.07, 6.45) is 3.03. The number of anilines is 1. The molecule has 0 bridgehead atoms. The van der Waals surface area contributed by atoms with Crippen LogP contribution in [0.5, 0.6) is 0 Å². The number of oxime groups is 1. The highest BCUT2D eigenvalue weighted by Crippen LogP contribution is 2.43. The fraction of sp³-hybridized carbons (Fsp3) is 0.391. The number of esters is 1. The van der Waals surface area contributed by atoms with Gasteiger partial charge in [0.1, 0.15) is 41.7 Å². The predicted molar refractivity (Wildman–Crippen MR) is 250 cm³/mol. The van der Waals surface area contributed by atoms with E-state index in [0.717, 1.165) is 21.7 Å². The third kappa shape index (κ3) is 12.9. The molecule has 0 radical (unpaired) electrons. The van der Waals surface area contributed by atoms with Crippen LogP contribution < -0.4 is 15.2 Å². The van der Waals surface area contributed by atoms with Gasteiger partial charge in [0.15, 0.2) is 29.3 Å². The number of nitrogens with one attached hydrogen (secondary N) is 2. The molecule has 3 N–H and O–H groups in total. The van der Waals surface area contributed by atoms with Crippen LogP contribution in [0.25, 0.3) is 0 Å². The van der Waals surface area contributed by atoms with Gasteiger partial charge >= 0.3 is 28.5 Å². The van der Waals surface area contributed by atoms with Gasteiger partial charge in [0.25, 0.3) is 11.8 Å². The number of carbonyl (C=O) groups is 5. The fourth-order valence-electron chi connectivity index (χ4n) is 7.10. The van der Waals surface area contributed by atoms with E-state index in [0.29, 0.717) is 11.1 Å². The molecule has 1 aliphatic carbocycles. The van der Waals surface area contributed by atoms with Crippen molar-refractivity contribution in [2.45, 2.75) is 109 Å². The number of benzene rings is 2. The summed E-state index contributed by atoms with van der Waals surface area (Å²) in [5.74, 6) is -3.09. The molecule has 2 atom stereocenters. The second-order valence-corrected chi connectivity index (χ2v) is 20.7. The summed E-state index contributed by atoms with van der Waals surface area (Å²) in [5, 5.41) is 19.0. The first kappa shape index (κ1) is 50.6. The Balaban J connectivity index is 1.13. The molecule has 370 valence electrons.